The van der Waals surface area contributed by atoms with Crippen molar-refractivity contribution in [2.45, 2.75) is 6.92 Å². The van der Waals surface area contributed by atoms with Gasteiger partial charge in [-0.1, -0.05) is 36.4 Å². The number of benzene rings is 3. The van der Waals surface area contributed by atoms with Crippen LogP contribution in [0.15, 0.2) is 60.7 Å². The third-order valence-electron chi connectivity index (χ3n) is 4.17. The molecule has 0 aromatic heterocycles. The van der Waals surface area contributed by atoms with Gasteiger partial charge in [-0.3, -0.25) is 0 Å². The molecule has 0 amide bonds. The minimum atomic E-state index is 0.283. The summed E-state index contributed by atoms with van der Waals surface area (Å²) in [4.78, 5) is 0. The van der Waals surface area contributed by atoms with E-state index in [1.54, 1.807) is 14.2 Å². The second-order valence-electron chi connectivity index (χ2n) is 5.61. The summed E-state index contributed by atoms with van der Waals surface area (Å²) in [7, 11) is 3.28. The van der Waals surface area contributed by atoms with Crippen molar-refractivity contribution in [2.75, 3.05) is 14.2 Å². The van der Waals surface area contributed by atoms with E-state index < -0.39 is 0 Å². The summed E-state index contributed by atoms with van der Waals surface area (Å²) in [6.45, 7) is 2.00. The minimum Gasteiger partial charge on any atom is -0.507 e. The number of ether oxygens (including phenoxy) is 2. The third kappa shape index (κ3) is 2.93. The van der Waals surface area contributed by atoms with Gasteiger partial charge in [0.15, 0.2) is 0 Å². The van der Waals surface area contributed by atoms with Gasteiger partial charge in [-0.05, 0) is 47.9 Å². The van der Waals surface area contributed by atoms with Crippen LogP contribution in [0, 0.1) is 6.92 Å². The van der Waals surface area contributed by atoms with Gasteiger partial charge in [0.2, 0.25) is 0 Å². The lowest BCUT2D eigenvalue weighted by Gasteiger charge is -2.14. The number of phenols is 1. The summed E-state index contributed by atoms with van der Waals surface area (Å²) in [5.41, 5.74) is 4.57. The fraction of sp³-hybridized carbons (Fsp3) is 0.143. The van der Waals surface area contributed by atoms with E-state index in [1.165, 1.54) is 0 Å². The van der Waals surface area contributed by atoms with E-state index in [-0.39, 0.29) is 5.75 Å². The van der Waals surface area contributed by atoms with E-state index in [0.717, 1.165) is 39.3 Å². The quantitative estimate of drug-likeness (QED) is 0.731. The van der Waals surface area contributed by atoms with Crippen molar-refractivity contribution in [3.8, 4) is 39.5 Å². The Morgan fingerprint density at radius 2 is 1.17 bits per heavy atom. The van der Waals surface area contributed by atoms with Crippen molar-refractivity contribution in [3.05, 3.63) is 66.2 Å². The molecule has 0 fully saturated rings. The molecule has 0 saturated heterocycles. The third-order valence-corrected chi connectivity index (χ3v) is 4.17. The number of aromatic hydroxyl groups is 1. The summed E-state index contributed by atoms with van der Waals surface area (Å²) in [5.74, 6) is 1.87. The van der Waals surface area contributed by atoms with Gasteiger partial charge in [-0.25, -0.2) is 0 Å². The molecule has 0 heterocycles. The first-order chi connectivity index (χ1) is 11.6. The second kappa shape index (κ2) is 6.67. The summed E-state index contributed by atoms with van der Waals surface area (Å²) in [5, 5.41) is 10.9. The number of aryl methyl sites for hydroxylation is 1. The SMILES string of the molecule is COc1ccc(-c2ccc(C)c(-c3ccc(OC)cc3)c2O)cc1. The van der Waals surface area contributed by atoms with Crippen LogP contribution in [0.4, 0.5) is 0 Å². The molecule has 0 aliphatic carbocycles. The average Bonchev–Trinajstić information content (AvgIpc) is 2.63. The van der Waals surface area contributed by atoms with Crippen LogP contribution >= 0.6 is 0 Å². The lowest BCUT2D eigenvalue weighted by Crippen LogP contribution is -1.89. The molecule has 0 bridgehead atoms. The van der Waals surface area contributed by atoms with Gasteiger partial charge >= 0.3 is 0 Å². The maximum Gasteiger partial charge on any atom is 0.131 e. The molecule has 3 aromatic rings. The monoisotopic (exact) mass is 320 g/mol. The van der Waals surface area contributed by atoms with Crippen LogP contribution in [0.3, 0.4) is 0 Å². The second-order valence-corrected chi connectivity index (χ2v) is 5.61. The molecule has 0 unspecified atom stereocenters. The summed E-state index contributed by atoms with van der Waals surface area (Å²) in [6.07, 6.45) is 0. The summed E-state index contributed by atoms with van der Waals surface area (Å²) < 4.78 is 10.4. The zero-order chi connectivity index (χ0) is 17.1. The molecule has 0 spiro atoms. The highest BCUT2D eigenvalue weighted by Crippen LogP contribution is 2.40. The summed E-state index contributed by atoms with van der Waals surface area (Å²) in [6, 6.07) is 19.4. The van der Waals surface area contributed by atoms with E-state index in [4.69, 9.17) is 9.47 Å². The van der Waals surface area contributed by atoms with Gasteiger partial charge in [0, 0.05) is 11.1 Å². The van der Waals surface area contributed by atoms with Crippen molar-refractivity contribution in [3.63, 3.8) is 0 Å². The van der Waals surface area contributed by atoms with E-state index in [0.29, 0.717) is 0 Å². The topological polar surface area (TPSA) is 38.7 Å². The van der Waals surface area contributed by atoms with Crippen LogP contribution in [0.25, 0.3) is 22.3 Å². The van der Waals surface area contributed by atoms with Crippen LogP contribution in [-0.2, 0) is 0 Å². The number of phenolic OH excluding ortho intramolecular Hbond substituents is 1. The molecule has 3 heteroatoms. The lowest BCUT2D eigenvalue weighted by molar-refractivity contribution is 0.415. The van der Waals surface area contributed by atoms with E-state index >= 15 is 0 Å². The molecule has 3 aromatic carbocycles. The fourth-order valence-corrected chi connectivity index (χ4v) is 2.82. The predicted molar refractivity (Wildman–Crippen MR) is 96.8 cm³/mol. The number of methoxy groups -OCH3 is 2. The van der Waals surface area contributed by atoms with Gasteiger partial charge in [0.1, 0.15) is 17.2 Å². The largest absolute Gasteiger partial charge is 0.507 e. The standard InChI is InChI=1S/C21H20O3/c1-14-4-13-19(15-5-9-17(23-2)10-6-15)21(22)20(14)16-7-11-18(24-3)12-8-16/h4-13,22H,1-3H3. The Morgan fingerprint density at radius 1 is 0.667 bits per heavy atom. The minimum absolute atomic E-state index is 0.283. The first kappa shape index (κ1) is 15.9. The van der Waals surface area contributed by atoms with E-state index in [2.05, 4.69) is 0 Å². The van der Waals surface area contributed by atoms with Crippen molar-refractivity contribution in [1.29, 1.82) is 0 Å². The highest BCUT2D eigenvalue weighted by molar-refractivity contribution is 5.84. The Kier molecular flexibility index (Phi) is 4.43. The van der Waals surface area contributed by atoms with Crippen molar-refractivity contribution in [2.24, 2.45) is 0 Å². The highest BCUT2D eigenvalue weighted by atomic mass is 16.5. The van der Waals surface area contributed by atoms with Crippen LogP contribution in [0.2, 0.25) is 0 Å². The molecular formula is C21H20O3. The van der Waals surface area contributed by atoms with Gasteiger partial charge in [-0.15, -0.1) is 0 Å². The summed E-state index contributed by atoms with van der Waals surface area (Å²) >= 11 is 0. The van der Waals surface area contributed by atoms with E-state index in [1.807, 2.05) is 67.6 Å². The molecule has 122 valence electrons. The lowest BCUT2D eigenvalue weighted by atomic mass is 9.93. The zero-order valence-corrected chi connectivity index (χ0v) is 14.0. The first-order valence-corrected chi connectivity index (χ1v) is 7.75. The van der Waals surface area contributed by atoms with Crippen LogP contribution in [0.5, 0.6) is 17.2 Å². The normalized spacial score (nSPS) is 10.5. The Labute approximate surface area is 142 Å². The number of hydrogen-bond donors (Lipinski definition) is 1. The van der Waals surface area contributed by atoms with Crippen molar-refractivity contribution < 1.29 is 14.6 Å². The van der Waals surface area contributed by atoms with Gasteiger partial charge < -0.3 is 14.6 Å². The molecular weight excluding hydrogens is 300 g/mol. The van der Waals surface area contributed by atoms with E-state index in [9.17, 15) is 5.11 Å². The number of hydrogen-bond acceptors (Lipinski definition) is 3. The van der Waals surface area contributed by atoms with Gasteiger partial charge in [-0.2, -0.15) is 0 Å². The molecule has 24 heavy (non-hydrogen) atoms. The van der Waals surface area contributed by atoms with Crippen LogP contribution < -0.4 is 9.47 Å². The van der Waals surface area contributed by atoms with Crippen molar-refractivity contribution in [1.82, 2.24) is 0 Å². The molecule has 0 aliphatic rings. The van der Waals surface area contributed by atoms with Crippen LogP contribution in [-0.4, -0.2) is 19.3 Å². The highest BCUT2D eigenvalue weighted by Gasteiger charge is 2.14. The average molecular weight is 320 g/mol. The molecule has 1 N–H and O–H groups in total. The molecule has 0 atom stereocenters. The Bertz CT molecular complexity index is 834. The molecule has 3 nitrogen and oxygen atoms in total. The molecule has 0 saturated carbocycles. The molecule has 0 radical (unpaired) electrons. The van der Waals surface area contributed by atoms with Crippen molar-refractivity contribution >= 4 is 0 Å². The Morgan fingerprint density at radius 3 is 1.67 bits per heavy atom. The zero-order valence-electron chi connectivity index (χ0n) is 14.0. The fourth-order valence-electron chi connectivity index (χ4n) is 2.82. The van der Waals surface area contributed by atoms with Gasteiger partial charge in [0.05, 0.1) is 14.2 Å². The predicted octanol–water partition coefficient (Wildman–Crippen LogP) is 5.05. The smallest absolute Gasteiger partial charge is 0.131 e. The molecule has 0 aliphatic heterocycles. The van der Waals surface area contributed by atoms with Crippen LogP contribution in [0.1, 0.15) is 5.56 Å². The first-order valence-electron chi connectivity index (χ1n) is 7.75. The molecule has 3 rings (SSSR count). The number of rotatable bonds is 4. The Balaban J connectivity index is 2.09. The maximum absolute atomic E-state index is 10.9. The Hall–Kier alpha value is -2.94. The van der Waals surface area contributed by atoms with Gasteiger partial charge in [0.25, 0.3) is 0 Å². The maximum atomic E-state index is 10.9.